The van der Waals surface area contributed by atoms with E-state index >= 15 is 0 Å². The minimum Gasteiger partial charge on any atom is -0.508 e. The minimum atomic E-state index is -1.00. The van der Waals surface area contributed by atoms with Crippen LogP contribution < -0.4 is 4.74 Å². The van der Waals surface area contributed by atoms with Gasteiger partial charge in [-0.2, -0.15) is 5.26 Å². The van der Waals surface area contributed by atoms with Gasteiger partial charge < -0.3 is 9.84 Å². The van der Waals surface area contributed by atoms with Crippen LogP contribution in [0.25, 0.3) is 10.8 Å². The molecule has 0 saturated heterocycles. The Balaban J connectivity index is 2.94. The van der Waals surface area contributed by atoms with Crippen LogP contribution >= 0.6 is 0 Å². The van der Waals surface area contributed by atoms with Gasteiger partial charge in [0, 0.05) is 5.39 Å². The first kappa shape index (κ1) is 14.1. The average molecular weight is 273 g/mol. The van der Waals surface area contributed by atoms with Gasteiger partial charge >= 0.3 is 0 Å². The van der Waals surface area contributed by atoms with Crippen LogP contribution in [0, 0.1) is 11.3 Å². The maximum Gasteiger partial charge on any atom is 0.228 e. The highest BCUT2D eigenvalue weighted by atomic mass is 19.1. The van der Waals surface area contributed by atoms with Crippen molar-refractivity contribution < 1.29 is 14.2 Å². The summed E-state index contributed by atoms with van der Waals surface area (Å²) in [5, 5.41) is 20.4. The summed E-state index contributed by atoms with van der Waals surface area (Å²) in [6.45, 7) is 4.96. The molecule has 0 spiro atoms. The molecule has 0 fully saturated rings. The number of phenolic OH excluding ortho intramolecular Hbond substituents is 1. The maximum absolute atomic E-state index is 12.6. The molecule has 2 aromatic rings. The maximum atomic E-state index is 12.6. The summed E-state index contributed by atoms with van der Waals surface area (Å²) in [4.78, 5) is 0. The Morgan fingerprint density at radius 2 is 2.00 bits per heavy atom. The van der Waals surface area contributed by atoms with Crippen molar-refractivity contribution in [2.75, 3.05) is 6.86 Å². The highest BCUT2D eigenvalue weighted by Gasteiger charge is 2.22. The molecule has 0 aliphatic heterocycles. The van der Waals surface area contributed by atoms with Gasteiger partial charge in [0.2, 0.25) is 6.86 Å². The van der Waals surface area contributed by atoms with Gasteiger partial charge in [-0.05, 0) is 34.6 Å². The second kappa shape index (κ2) is 5.01. The number of ether oxygens (including phenoxy) is 1. The lowest BCUT2D eigenvalue weighted by atomic mass is 9.82. The van der Waals surface area contributed by atoms with Crippen LogP contribution in [0.3, 0.4) is 0 Å². The van der Waals surface area contributed by atoms with Crippen molar-refractivity contribution in [3.05, 3.63) is 35.4 Å². The molecular formula is C16H16FNO2. The van der Waals surface area contributed by atoms with Gasteiger partial charge in [-0.15, -0.1) is 0 Å². The third-order valence-corrected chi connectivity index (χ3v) is 3.18. The lowest BCUT2D eigenvalue weighted by Crippen LogP contribution is -2.12. The number of nitriles is 1. The first-order valence-electron chi connectivity index (χ1n) is 6.27. The first-order chi connectivity index (χ1) is 9.38. The van der Waals surface area contributed by atoms with Crippen LogP contribution in [-0.2, 0) is 5.41 Å². The molecule has 2 aromatic carbocycles. The number of alkyl halides is 1. The largest absolute Gasteiger partial charge is 0.508 e. The summed E-state index contributed by atoms with van der Waals surface area (Å²) in [6, 6.07) is 8.52. The lowest BCUT2D eigenvalue weighted by Gasteiger charge is -2.23. The van der Waals surface area contributed by atoms with Crippen molar-refractivity contribution in [1.82, 2.24) is 0 Å². The zero-order chi connectivity index (χ0) is 14.9. The molecule has 0 saturated carbocycles. The van der Waals surface area contributed by atoms with E-state index in [-0.39, 0.29) is 22.5 Å². The fourth-order valence-corrected chi connectivity index (χ4v) is 2.30. The molecule has 0 atom stereocenters. The molecule has 2 rings (SSSR count). The monoisotopic (exact) mass is 273 g/mol. The van der Waals surface area contributed by atoms with Crippen LogP contribution in [0.15, 0.2) is 24.3 Å². The molecular weight excluding hydrogens is 257 g/mol. The topological polar surface area (TPSA) is 53.2 Å². The number of aromatic hydroxyl groups is 1. The van der Waals surface area contributed by atoms with E-state index in [0.717, 1.165) is 10.9 Å². The van der Waals surface area contributed by atoms with Crippen LogP contribution in [0.2, 0.25) is 0 Å². The van der Waals surface area contributed by atoms with E-state index in [4.69, 9.17) is 10.00 Å². The Labute approximate surface area is 117 Å². The van der Waals surface area contributed by atoms with Crippen LogP contribution in [0.5, 0.6) is 11.5 Å². The fourth-order valence-electron chi connectivity index (χ4n) is 2.30. The Morgan fingerprint density at radius 3 is 2.55 bits per heavy atom. The highest BCUT2D eigenvalue weighted by molar-refractivity contribution is 5.95. The lowest BCUT2D eigenvalue weighted by molar-refractivity contribution is 0.193. The zero-order valence-electron chi connectivity index (χ0n) is 11.7. The molecule has 0 aliphatic carbocycles. The molecule has 104 valence electrons. The third-order valence-electron chi connectivity index (χ3n) is 3.18. The number of benzene rings is 2. The molecule has 20 heavy (non-hydrogen) atoms. The van der Waals surface area contributed by atoms with Crippen molar-refractivity contribution in [3.63, 3.8) is 0 Å². The quantitative estimate of drug-likeness (QED) is 0.899. The van der Waals surface area contributed by atoms with Gasteiger partial charge in [-0.1, -0.05) is 26.8 Å². The van der Waals surface area contributed by atoms with Gasteiger partial charge in [0.15, 0.2) is 0 Å². The molecule has 0 aliphatic rings. The summed E-state index contributed by atoms with van der Waals surface area (Å²) < 4.78 is 17.7. The molecule has 1 N–H and O–H groups in total. The molecule has 3 nitrogen and oxygen atoms in total. The first-order valence-corrected chi connectivity index (χ1v) is 6.27. The summed E-state index contributed by atoms with van der Waals surface area (Å²) in [5.74, 6) is 0.371. The predicted molar refractivity (Wildman–Crippen MR) is 75.6 cm³/mol. The number of nitrogens with zero attached hydrogens (tertiary/aromatic N) is 1. The van der Waals surface area contributed by atoms with E-state index in [2.05, 4.69) is 0 Å². The van der Waals surface area contributed by atoms with Crippen LogP contribution in [-0.4, -0.2) is 12.0 Å². The molecule has 0 radical (unpaired) electrons. The summed E-state index contributed by atoms with van der Waals surface area (Å²) in [5.41, 5.74) is 0.818. The molecule has 0 unspecified atom stereocenters. The van der Waals surface area contributed by atoms with E-state index in [9.17, 15) is 9.50 Å². The van der Waals surface area contributed by atoms with E-state index in [1.807, 2.05) is 26.8 Å². The Kier molecular flexibility index (Phi) is 3.54. The fraction of sp³-hybridized carbons (Fsp3) is 0.312. The highest BCUT2D eigenvalue weighted by Crippen LogP contribution is 2.40. The van der Waals surface area contributed by atoms with E-state index in [1.54, 1.807) is 24.3 Å². The number of hydrogen-bond donors (Lipinski definition) is 1. The summed E-state index contributed by atoms with van der Waals surface area (Å²) in [7, 11) is 0. The number of phenols is 1. The summed E-state index contributed by atoms with van der Waals surface area (Å²) in [6.07, 6.45) is 0. The SMILES string of the molecule is CC(C)(C)c1cc(O)cc2ccc(C#N)c(OCF)c12. The number of rotatable bonds is 2. The van der Waals surface area contributed by atoms with Gasteiger partial charge in [0.1, 0.15) is 17.6 Å². The van der Waals surface area contributed by atoms with Crippen molar-refractivity contribution >= 4 is 10.8 Å². The second-order valence-electron chi connectivity index (χ2n) is 5.65. The Morgan fingerprint density at radius 1 is 1.30 bits per heavy atom. The zero-order valence-corrected chi connectivity index (χ0v) is 11.7. The van der Waals surface area contributed by atoms with Gasteiger partial charge in [-0.3, -0.25) is 0 Å². The van der Waals surface area contributed by atoms with E-state index in [0.29, 0.717) is 5.39 Å². The van der Waals surface area contributed by atoms with Crippen molar-refractivity contribution in [3.8, 4) is 17.6 Å². The average Bonchev–Trinajstić information content (AvgIpc) is 2.37. The standard InChI is InChI=1S/C16H16FNO2/c1-16(2,3)13-7-12(19)6-10-4-5-11(8-18)15(14(10)13)20-9-17/h4-7,19H,9H2,1-3H3. The number of hydrogen-bond acceptors (Lipinski definition) is 3. The van der Waals surface area contributed by atoms with Crippen LogP contribution in [0.4, 0.5) is 4.39 Å². The van der Waals surface area contributed by atoms with Crippen molar-refractivity contribution in [1.29, 1.82) is 5.26 Å². The summed E-state index contributed by atoms with van der Waals surface area (Å²) >= 11 is 0. The number of halogens is 1. The van der Waals surface area contributed by atoms with Gasteiger partial charge in [0.05, 0.1) is 5.56 Å². The molecule has 0 bridgehead atoms. The smallest absolute Gasteiger partial charge is 0.228 e. The van der Waals surface area contributed by atoms with E-state index < -0.39 is 6.86 Å². The van der Waals surface area contributed by atoms with Crippen molar-refractivity contribution in [2.45, 2.75) is 26.2 Å². The van der Waals surface area contributed by atoms with Crippen LogP contribution in [0.1, 0.15) is 31.9 Å². The van der Waals surface area contributed by atoms with Gasteiger partial charge in [0.25, 0.3) is 0 Å². The molecule has 4 heteroatoms. The molecule has 0 aromatic heterocycles. The normalized spacial score (nSPS) is 11.3. The molecule has 0 amide bonds. The third kappa shape index (κ3) is 2.39. The Hall–Kier alpha value is -2.28. The van der Waals surface area contributed by atoms with Gasteiger partial charge in [-0.25, -0.2) is 4.39 Å². The Bertz CT molecular complexity index is 696. The van der Waals surface area contributed by atoms with E-state index in [1.165, 1.54) is 0 Å². The minimum absolute atomic E-state index is 0.137. The molecule has 0 heterocycles. The second-order valence-corrected chi connectivity index (χ2v) is 5.65. The van der Waals surface area contributed by atoms with Crippen molar-refractivity contribution in [2.24, 2.45) is 0 Å². The predicted octanol–water partition coefficient (Wildman–Crippen LogP) is 4.02. The number of fused-ring (bicyclic) bond motifs is 1.